The van der Waals surface area contributed by atoms with Gasteiger partial charge in [0.25, 0.3) is 5.91 Å². The van der Waals surface area contributed by atoms with Crippen LogP contribution >= 0.6 is 23.8 Å². The van der Waals surface area contributed by atoms with Gasteiger partial charge in [0, 0.05) is 18.3 Å². The highest BCUT2D eigenvalue weighted by Gasteiger charge is 2.09. The number of hydrogen-bond donors (Lipinski definition) is 3. The lowest BCUT2D eigenvalue weighted by atomic mass is 10.2. The fraction of sp³-hybridized carbons (Fsp3) is 0.0625. The molecule has 23 heavy (non-hydrogen) atoms. The van der Waals surface area contributed by atoms with Gasteiger partial charge in [-0.15, -0.1) is 0 Å². The summed E-state index contributed by atoms with van der Waals surface area (Å²) in [6.07, 6.45) is 0. The minimum atomic E-state index is -0.287. The van der Waals surface area contributed by atoms with Gasteiger partial charge in [-0.3, -0.25) is 9.59 Å². The summed E-state index contributed by atoms with van der Waals surface area (Å²) in [5.41, 5.74) is 1.72. The first-order valence-electron chi connectivity index (χ1n) is 6.70. The first kappa shape index (κ1) is 16.9. The summed E-state index contributed by atoms with van der Waals surface area (Å²) in [7, 11) is 0. The van der Waals surface area contributed by atoms with E-state index in [4.69, 9.17) is 23.8 Å². The van der Waals surface area contributed by atoms with Gasteiger partial charge in [0.15, 0.2) is 5.11 Å². The average molecular weight is 348 g/mol. The van der Waals surface area contributed by atoms with Crippen molar-refractivity contribution in [3.8, 4) is 0 Å². The van der Waals surface area contributed by atoms with Gasteiger partial charge in [-0.05, 0) is 48.6 Å². The molecule has 0 saturated heterocycles. The molecule has 7 heteroatoms. The van der Waals surface area contributed by atoms with Crippen molar-refractivity contribution in [1.82, 2.24) is 5.32 Å². The normalized spacial score (nSPS) is 9.83. The molecule has 2 rings (SSSR count). The molecule has 0 fully saturated rings. The molecule has 0 atom stereocenters. The summed E-state index contributed by atoms with van der Waals surface area (Å²) in [6, 6.07) is 13.7. The number of carbonyl (C=O) groups excluding carboxylic acids is 2. The number of carbonyl (C=O) groups is 2. The second-order valence-corrected chi connectivity index (χ2v) is 5.46. The van der Waals surface area contributed by atoms with Crippen LogP contribution in [-0.2, 0) is 4.79 Å². The van der Waals surface area contributed by atoms with Crippen LogP contribution in [0.15, 0.2) is 48.5 Å². The van der Waals surface area contributed by atoms with Crippen LogP contribution in [0.25, 0.3) is 0 Å². The number of hydrogen-bond acceptors (Lipinski definition) is 3. The van der Waals surface area contributed by atoms with E-state index >= 15 is 0 Å². The molecule has 0 bridgehead atoms. The maximum absolute atomic E-state index is 12.1. The van der Waals surface area contributed by atoms with Gasteiger partial charge in [0.2, 0.25) is 5.91 Å². The minimum Gasteiger partial charge on any atom is -0.332 e. The Kier molecular flexibility index (Phi) is 5.67. The summed E-state index contributed by atoms with van der Waals surface area (Å²) in [4.78, 5) is 23.0. The van der Waals surface area contributed by atoms with E-state index in [0.717, 1.165) is 0 Å². The van der Waals surface area contributed by atoms with Crippen molar-refractivity contribution >= 4 is 52.1 Å². The van der Waals surface area contributed by atoms with Crippen molar-refractivity contribution in [3.63, 3.8) is 0 Å². The topological polar surface area (TPSA) is 70.2 Å². The molecule has 118 valence electrons. The Bertz CT molecular complexity index is 747. The zero-order valence-electron chi connectivity index (χ0n) is 12.2. The second kappa shape index (κ2) is 7.71. The lowest BCUT2D eigenvalue weighted by molar-refractivity contribution is -0.117. The third-order valence-electron chi connectivity index (χ3n) is 2.81. The predicted octanol–water partition coefficient (Wildman–Crippen LogP) is 3.43. The molecule has 0 unspecified atom stereocenters. The van der Waals surface area contributed by atoms with Gasteiger partial charge >= 0.3 is 0 Å². The van der Waals surface area contributed by atoms with E-state index in [1.807, 2.05) is 0 Å². The molecule has 5 nitrogen and oxygen atoms in total. The summed E-state index contributed by atoms with van der Waals surface area (Å²) in [6.45, 7) is 1.38. The molecule has 0 radical (unpaired) electrons. The molecule has 0 aliphatic heterocycles. The van der Waals surface area contributed by atoms with Crippen molar-refractivity contribution in [1.29, 1.82) is 0 Å². The molecule has 3 N–H and O–H groups in total. The Balaban J connectivity index is 2.00. The van der Waals surface area contributed by atoms with Crippen molar-refractivity contribution < 1.29 is 9.59 Å². The first-order valence-corrected chi connectivity index (χ1v) is 7.49. The monoisotopic (exact) mass is 347 g/mol. The van der Waals surface area contributed by atoms with E-state index < -0.39 is 0 Å². The summed E-state index contributed by atoms with van der Waals surface area (Å²) in [5, 5.41) is 8.69. The SMILES string of the molecule is CC(=O)NC(=S)Nc1ccc(NC(=O)c2ccccc2Cl)cc1. The minimum absolute atomic E-state index is 0.213. The van der Waals surface area contributed by atoms with Crippen LogP contribution in [0.3, 0.4) is 0 Å². The Morgan fingerprint density at radius 3 is 2.09 bits per heavy atom. The lowest BCUT2D eigenvalue weighted by Crippen LogP contribution is -2.32. The zero-order chi connectivity index (χ0) is 16.8. The quantitative estimate of drug-likeness (QED) is 0.744. The van der Waals surface area contributed by atoms with Gasteiger partial charge in [0.05, 0.1) is 10.6 Å². The fourth-order valence-electron chi connectivity index (χ4n) is 1.80. The van der Waals surface area contributed by atoms with Crippen molar-refractivity contribution in [2.45, 2.75) is 6.92 Å². The molecule has 0 aliphatic carbocycles. The van der Waals surface area contributed by atoms with Crippen LogP contribution < -0.4 is 16.0 Å². The molecule has 0 aromatic heterocycles. The first-order chi connectivity index (χ1) is 11.0. The van der Waals surface area contributed by atoms with Crippen LogP contribution in [0.5, 0.6) is 0 Å². The Labute approximate surface area is 144 Å². The smallest absolute Gasteiger partial charge is 0.257 e. The maximum Gasteiger partial charge on any atom is 0.257 e. The summed E-state index contributed by atoms with van der Waals surface area (Å²) < 4.78 is 0. The van der Waals surface area contributed by atoms with E-state index in [2.05, 4.69) is 16.0 Å². The Morgan fingerprint density at radius 1 is 0.957 bits per heavy atom. The van der Waals surface area contributed by atoms with Crippen LogP contribution in [-0.4, -0.2) is 16.9 Å². The third-order valence-corrected chi connectivity index (χ3v) is 3.34. The standard InChI is InChI=1S/C16H14ClN3O2S/c1-10(21)18-16(23)20-12-8-6-11(7-9-12)19-15(22)13-4-2-3-5-14(13)17/h2-9H,1H3,(H,19,22)(H2,18,20,21,23). The summed E-state index contributed by atoms with van der Waals surface area (Å²) >= 11 is 11.0. The van der Waals surface area contributed by atoms with Gasteiger partial charge in [-0.1, -0.05) is 23.7 Å². The largest absolute Gasteiger partial charge is 0.332 e. The highest BCUT2D eigenvalue weighted by Crippen LogP contribution is 2.18. The molecule has 0 aliphatic rings. The van der Waals surface area contributed by atoms with E-state index in [1.54, 1.807) is 48.5 Å². The number of halogens is 1. The number of amides is 2. The molecular weight excluding hydrogens is 334 g/mol. The molecule has 0 spiro atoms. The molecule has 2 amide bonds. The van der Waals surface area contributed by atoms with E-state index in [0.29, 0.717) is 22.0 Å². The van der Waals surface area contributed by atoms with Crippen LogP contribution in [0.4, 0.5) is 11.4 Å². The highest BCUT2D eigenvalue weighted by molar-refractivity contribution is 7.80. The Morgan fingerprint density at radius 2 is 1.52 bits per heavy atom. The zero-order valence-corrected chi connectivity index (χ0v) is 13.8. The van der Waals surface area contributed by atoms with Gasteiger partial charge in [0.1, 0.15) is 0 Å². The van der Waals surface area contributed by atoms with Gasteiger partial charge < -0.3 is 16.0 Å². The number of thiocarbonyl (C=S) groups is 1. The highest BCUT2D eigenvalue weighted by atomic mass is 35.5. The molecule has 0 heterocycles. The van der Waals surface area contributed by atoms with Crippen molar-refractivity contribution in [2.24, 2.45) is 0 Å². The molecular formula is C16H14ClN3O2S. The molecule has 0 saturated carbocycles. The second-order valence-electron chi connectivity index (χ2n) is 4.65. The fourth-order valence-corrected chi connectivity index (χ4v) is 2.29. The number of rotatable bonds is 3. The third kappa shape index (κ3) is 5.05. The number of anilines is 2. The predicted molar refractivity (Wildman–Crippen MR) is 95.9 cm³/mol. The molecule has 2 aromatic rings. The average Bonchev–Trinajstić information content (AvgIpc) is 2.48. The molecule has 2 aromatic carbocycles. The Hall–Kier alpha value is -2.44. The van der Waals surface area contributed by atoms with Crippen molar-refractivity contribution in [3.05, 3.63) is 59.1 Å². The van der Waals surface area contributed by atoms with E-state index in [-0.39, 0.29) is 16.9 Å². The van der Waals surface area contributed by atoms with Crippen LogP contribution in [0, 0.1) is 0 Å². The van der Waals surface area contributed by atoms with Gasteiger partial charge in [-0.25, -0.2) is 0 Å². The van der Waals surface area contributed by atoms with E-state index in [9.17, 15) is 9.59 Å². The maximum atomic E-state index is 12.1. The summed E-state index contributed by atoms with van der Waals surface area (Å²) in [5.74, 6) is -0.531. The van der Waals surface area contributed by atoms with Crippen LogP contribution in [0.2, 0.25) is 5.02 Å². The van der Waals surface area contributed by atoms with Crippen LogP contribution in [0.1, 0.15) is 17.3 Å². The van der Waals surface area contributed by atoms with Gasteiger partial charge in [-0.2, -0.15) is 0 Å². The number of benzene rings is 2. The van der Waals surface area contributed by atoms with E-state index in [1.165, 1.54) is 6.92 Å². The number of nitrogens with one attached hydrogen (secondary N) is 3. The lowest BCUT2D eigenvalue weighted by Gasteiger charge is -2.10. The van der Waals surface area contributed by atoms with Crippen molar-refractivity contribution in [2.75, 3.05) is 10.6 Å².